The van der Waals surface area contributed by atoms with Gasteiger partial charge in [0.05, 0.1) is 43.3 Å². The predicted octanol–water partition coefficient (Wildman–Crippen LogP) is 3.03. The first-order chi connectivity index (χ1) is 11.7. The summed E-state index contributed by atoms with van der Waals surface area (Å²) < 4.78 is 5.55. The third-order valence-corrected chi connectivity index (χ3v) is 4.17. The van der Waals surface area contributed by atoms with Gasteiger partial charge in [-0.1, -0.05) is 36.4 Å². The highest BCUT2D eigenvalue weighted by atomic mass is 16.5. The van der Waals surface area contributed by atoms with Crippen LogP contribution in [0, 0.1) is 0 Å². The third-order valence-electron chi connectivity index (χ3n) is 4.17. The van der Waals surface area contributed by atoms with E-state index in [1.165, 1.54) is 0 Å². The molecule has 2 aromatic rings. The predicted molar refractivity (Wildman–Crippen MR) is 93.4 cm³/mol. The van der Waals surface area contributed by atoms with E-state index in [-0.39, 0.29) is 24.8 Å². The number of nitrogens with zero attached hydrogens (tertiary/aromatic N) is 2. The Labute approximate surface area is 142 Å². The van der Waals surface area contributed by atoms with E-state index >= 15 is 0 Å². The molecule has 0 bridgehead atoms. The van der Waals surface area contributed by atoms with Crippen LogP contribution in [0.2, 0.25) is 0 Å². The van der Waals surface area contributed by atoms with E-state index in [0.717, 1.165) is 11.4 Å². The van der Waals surface area contributed by atoms with Crippen molar-refractivity contribution in [3.8, 4) is 0 Å². The number of morpholine rings is 1. The maximum atomic E-state index is 13.3. The summed E-state index contributed by atoms with van der Waals surface area (Å²) in [5.74, 6) is 0. The number of aliphatic hydroxyl groups excluding tert-OH is 1. The molecular weight excluding hydrogens is 304 g/mol. The number of ether oxygens (including phenoxy) is 1. The van der Waals surface area contributed by atoms with Crippen LogP contribution in [0.5, 0.6) is 0 Å². The maximum absolute atomic E-state index is 13.3. The molecule has 1 fully saturated rings. The van der Waals surface area contributed by atoms with E-state index in [0.29, 0.717) is 13.2 Å². The Kier molecular flexibility index (Phi) is 5.13. The third kappa shape index (κ3) is 3.42. The molecule has 0 aliphatic carbocycles. The topological polar surface area (TPSA) is 53.0 Å². The molecule has 3 rings (SSSR count). The molecule has 0 saturated carbocycles. The lowest BCUT2D eigenvalue weighted by atomic mass is 10.2. The second kappa shape index (κ2) is 7.47. The van der Waals surface area contributed by atoms with Crippen LogP contribution in [0.3, 0.4) is 0 Å². The van der Waals surface area contributed by atoms with Crippen molar-refractivity contribution in [3.05, 3.63) is 60.7 Å². The Balaban J connectivity index is 1.95. The number of rotatable bonds is 3. The largest absolute Gasteiger partial charge is 0.394 e. The molecule has 0 aromatic heterocycles. The minimum Gasteiger partial charge on any atom is -0.394 e. The Morgan fingerprint density at radius 1 is 1.12 bits per heavy atom. The second-order valence-corrected chi connectivity index (χ2v) is 5.93. The summed E-state index contributed by atoms with van der Waals surface area (Å²) in [4.78, 5) is 16.8. The average Bonchev–Trinajstić information content (AvgIpc) is 2.64. The highest BCUT2D eigenvalue weighted by Gasteiger charge is 2.33. The van der Waals surface area contributed by atoms with Gasteiger partial charge in [-0.3, -0.25) is 4.90 Å². The number of para-hydroxylation sites is 2. The quantitative estimate of drug-likeness (QED) is 0.943. The zero-order valence-corrected chi connectivity index (χ0v) is 13.7. The van der Waals surface area contributed by atoms with Crippen molar-refractivity contribution in [1.82, 2.24) is 4.90 Å². The van der Waals surface area contributed by atoms with Gasteiger partial charge in [0.1, 0.15) is 0 Å². The number of benzene rings is 2. The van der Waals surface area contributed by atoms with E-state index < -0.39 is 0 Å². The van der Waals surface area contributed by atoms with Gasteiger partial charge in [0, 0.05) is 0 Å². The van der Waals surface area contributed by atoms with Crippen LogP contribution < -0.4 is 4.90 Å². The van der Waals surface area contributed by atoms with Crippen LogP contribution in [0.1, 0.15) is 6.92 Å². The SMILES string of the molecule is C[C@H]1CO[C@@H](CO)CN1C(=O)N(c1ccccc1)c1ccccc1. The Morgan fingerprint density at radius 3 is 2.17 bits per heavy atom. The molecule has 0 spiro atoms. The molecule has 5 heteroatoms. The van der Waals surface area contributed by atoms with Crippen molar-refractivity contribution in [3.63, 3.8) is 0 Å². The lowest BCUT2D eigenvalue weighted by molar-refractivity contribution is -0.0617. The maximum Gasteiger partial charge on any atom is 0.329 e. The summed E-state index contributed by atoms with van der Waals surface area (Å²) in [6.45, 7) is 2.67. The molecule has 1 aliphatic rings. The Hall–Kier alpha value is -2.37. The van der Waals surface area contributed by atoms with E-state index in [2.05, 4.69) is 0 Å². The van der Waals surface area contributed by atoms with E-state index in [4.69, 9.17) is 4.74 Å². The zero-order chi connectivity index (χ0) is 16.9. The van der Waals surface area contributed by atoms with Gasteiger partial charge in [-0.15, -0.1) is 0 Å². The number of carbonyl (C=O) groups excluding carboxylic acids is 1. The monoisotopic (exact) mass is 326 g/mol. The first-order valence-electron chi connectivity index (χ1n) is 8.14. The summed E-state index contributed by atoms with van der Waals surface area (Å²) in [7, 11) is 0. The van der Waals surface area contributed by atoms with Gasteiger partial charge >= 0.3 is 6.03 Å². The van der Waals surface area contributed by atoms with E-state index in [9.17, 15) is 9.90 Å². The molecule has 1 saturated heterocycles. The summed E-state index contributed by atoms with van der Waals surface area (Å²) in [5.41, 5.74) is 1.63. The summed E-state index contributed by atoms with van der Waals surface area (Å²) in [5, 5.41) is 9.37. The van der Waals surface area contributed by atoms with Crippen molar-refractivity contribution in [2.24, 2.45) is 0 Å². The molecule has 2 amide bonds. The van der Waals surface area contributed by atoms with Crippen LogP contribution in [-0.2, 0) is 4.74 Å². The van der Waals surface area contributed by atoms with Gasteiger partial charge in [0.2, 0.25) is 0 Å². The van der Waals surface area contributed by atoms with Crippen molar-refractivity contribution < 1.29 is 14.6 Å². The number of anilines is 2. The smallest absolute Gasteiger partial charge is 0.329 e. The fourth-order valence-corrected chi connectivity index (χ4v) is 2.85. The number of hydrogen-bond acceptors (Lipinski definition) is 3. The van der Waals surface area contributed by atoms with Gasteiger partial charge in [0.25, 0.3) is 0 Å². The summed E-state index contributed by atoms with van der Waals surface area (Å²) in [6, 6.07) is 19.0. The lowest BCUT2D eigenvalue weighted by Crippen LogP contribution is -2.55. The second-order valence-electron chi connectivity index (χ2n) is 5.93. The van der Waals surface area contributed by atoms with Crippen molar-refractivity contribution in [2.75, 3.05) is 24.7 Å². The van der Waals surface area contributed by atoms with Gasteiger partial charge in [-0.2, -0.15) is 0 Å². The number of hydrogen-bond donors (Lipinski definition) is 1. The minimum atomic E-state index is -0.335. The fourth-order valence-electron chi connectivity index (χ4n) is 2.85. The Morgan fingerprint density at radius 2 is 1.67 bits per heavy atom. The first kappa shape index (κ1) is 16.5. The van der Waals surface area contributed by atoms with Crippen LogP contribution in [0.4, 0.5) is 16.2 Å². The van der Waals surface area contributed by atoms with Gasteiger partial charge in [-0.05, 0) is 31.2 Å². The number of carbonyl (C=O) groups is 1. The van der Waals surface area contributed by atoms with Crippen molar-refractivity contribution >= 4 is 17.4 Å². The fraction of sp³-hybridized carbons (Fsp3) is 0.316. The van der Waals surface area contributed by atoms with E-state index in [1.807, 2.05) is 67.6 Å². The molecule has 126 valence electrons. The molecule has 24 heavy (non-hydrogen) atoms. The normalized spacial score (nSPS) is 20.7. The molecule has 0 radical (unpaired) electrons. The minimum absolute atomic E-state index is 0.0461. The van der Waals surface area contributed by atoms with Crippen LogP contribution >= 0.6 is 0 Å². The van der Waals surface area contributed by atoms with Crippen LogP contribution in [0.15, 0.2) is 60.7 Å². The number of aliphatic hydroxyl groups is 1. The average molecular weight is 326 g/mol. The molecule has 1 N–H and O–H groups in total. The van der Waals surface area contributed by atoms with Crippen molar-refractivity contribution in [1.29, 1.82) is 0 Å². The molecule has 2 aromatic carbocycles. The van der Waals surface area contributed by atoms with Gasteiger partial charge in [0.15, 0.2) is 0 Å². The lowest BCUT2D eigenvalue weighted by Gasteiger charge is -2.40. The highest BCUT2D eigenvalue weighted by molar-refractivity contribution is 5.99. The summed E-state index contributed by atoms with van der Waals surface area (Å²) in [6.07, 6.45) is -0.335. The molecule has 1 aliphatic heterocycles. The standard InChI is InChI=1S/C19H22N2O3/c1-15-14-24-18(13-22)12-20(15)19(23)21(16-8-4-2-5-9-16)17-10-6-3-7-11-17/h2-11,15,18,22H,12-14H2,1H3/t15-,18+/m0/s1. The molecule has 0 unspecified atom stereocenters. The highest BCUT2D eigenvalue weighted by Crippen LogP contribution is 2.28. The Bertz CT molecular complexity index is 623. The molecule has 1 heterocycles. The van der Waals surface area contributed by atoms with Crippen LogP contribution in [0.25, 0.3) is 0 Å². The molecule has 5 nitrogen and oxygen atoms in total. The number of urea groups is 1. The van der Waals surface area contributed by atoms with Crippen LogP contribution in [-0.4, -0.2) is 47.9 Å². The molecule has 2 atom stereocenters. The zero-order valence-electron chi connectivity index (χ0n) is 13.7. The summed E-state index contributed by atoms with van der Waals surface area (Å²) >= 11 is 0. The van der Waals surface area contributed by atoms with Gasteiger partial charge in [-0.25, -0.2) is 4.79 Å². The van der Waals surface area contributed by atoms with E-state index in [1.54, 1.807) is 9.80 Å². The molecular formula is C19H22N2O3. The van der Waals surface area contributed by atoms with Crippen molar-refractivity contribution in [2.45, 2.75) is 19.1 Å². The first-order valence-corrected chi connectivity index (χ1v) is 8.14. The number of amides is 2. The van der Waals surface area contributed by atoms with Gasteiger partial charge < -0.3 is 14.7 Å².